The average Bonchev–Trinajstić information content (AvgIpc) is 3.05. The van der Waals surface area contributed by atoms with Crippen LogP contribution in [0, 0.1) is 0 Å². The number of anilines is 1. The molecule has 1 unspecified atom stereocenters. The Balaban J connectivity index is 1.81. The number of thiazole rings is 1. The molecule has 0 fully saturated rings. The van der Waals surface area contributed by atoms with E-state index in [2.05, 4.69) is 22.2 Å². The van der Waals surface area contributed by atoms with E-state index in [9.17, 15) is 9.90 Å². The maximum absolute atomic E-state index is 11.4. The number of carbonyl (C=O) groups is 1. The number of nitrogens with zero attached hydrogens (tertiary/aromatic N) is 2. The van der Waals surface area contributed by atoms with Gasteiger partial charge in [0.25, 0.3) is 0 Å². The van der Waals surface area contributed by atoms with E-state index < -0.39 is 11.9 Å². The maximum Gasteiger partial charge on any atom is 0.312 e. The van der Waals surface area contributed by atoms with Crippen molar-refractivity contribution in [2.75, 3.05) is 11.4 Å². The van der Waals surface area contributed by atoms with Crippen LogP contribution in [0.25, 0.3) is 0 Å². The van der Waals surface area contributed by atoms with Crippen LogP contribution in [0.3, 0.4) is 0 Å². The molecule has 0 aliphatic carbocycles. The largest absolute Gasteiger partial charge is 0.481 e. The highest BCUT2D eigenvalue weighted by molar-refractivity contribution is 7.09. The second-order valence-electron chi connectivity index (χ2n) is 5.31. The van der Waals surface area contributed by atoms with Gasteiger partial charge in [0.15, 0.2) is 0 Å². The molecule has 1 aliphatic rings. The van der Waals surface area contributed by atoms with Gasteiger partial charge < -0.3 is 10.0 Å². The predicted molar refractivity (Wildman–Crippen MR) is 84.0 cm³/mol. The summed E-state index contributed by atoms with van der Waals surface area (Å²) < 4.78 is 0. The molecule has 0 saturated carbocycles. The zero-order valence-corrected chi connectivity index (χ0v) is 12.8. The number of aryl methyl sites for hydroxylation is 1. The quantitative estimate of drug-likeness (QED) is 0.921. The summed E-state index contributed by atoms with van der Waals surface area (Å²) in [4.78, 5) is 18.2. The Morgan fingerprint density at radius 1 is 1.48 bits per heavy atom. The highest BCUT2D eigenvalue weighted by Gasteiger charge is 2.33. The lowest BCUT2D eigenvalue weighted by Crippen LogP contribution is -2.24. The number of aliphatic carboxylic acids is 1. The fourth-order valence-electron chi connectivity index (χ4n) is 2.79. The molecular weight excluding hydrogens is 284 g/mol. The molecule has 0 bridgehead atoms. The van der Waals surface area contributed by atoms with E-state index >= 15 is 0 Å². The highest BCUT2D eigenvalue weighted by atomic mass is 32.1. The Labute approximate surface area is 128 Å². The van der Waals surface area contributed by atoms with E-state index in [1.807, 2.05) is 24.3 Å². The van der Waals surface area contributed by atoms with Crippen LogP contribution in [0.5, 0.6) is 0 Å². The van der Waals surface area contributed by atoms with Gasteiger partial charge in [-0.25, -0.2) is 4.98 Å². The smallest absolute Gasteiger partial charge is 0.312 e. The van der Waals surface area contributed by atoms with Crippen molar-refractivity contribution in [3.05, 3.63) is 45.9 Å². The third-order valence-corrected chi connectivity index (χ3v) is 4.73. The molecular formula is C16H18N2O2S. The van der Waals surface area contributed by atoms with Crippen LogP contribution in [0.15, 0.2) is 29.6 Å². The van der Waals surface area contributed by atoms with Gasteiger partial charge in [-0.2, -0.15) is 0 Å². The first-order chi connectivity index (χ1) is 10.2. The van der Waals surface area contributed by atoms with Crippen LogP contribution in [0.1, 0.15) is 35.5 Å². The average molecular weight is 302 g/mol. The van der Waals surface area contributed by atoms with Crippen molar-refractivity contribution in [2.24, 2.45) is 0 Å². The minimum atomic E-state index is -0.755. The number of fused-ring (bicyclic) bond motifs is 1. The summed E-state index contributed by atoms with van der Waals surface area (Å²) >= 11 is 1.69. The fourth-order valence-corrected chi connectivity index (χ4v) is 3.69. The molecule has 2 aromatic rings. The molecule has 1 atom stereocenters. The first kappa shape index (κ1) is 14.1. The van der Waals surface area contributed by atoms with E-state index in [1.54, 1.807) is 11.3 Å². The number of carboxylic acid groups (broad SMARTS) is 1. The standard InChI is InChI=1S/C16H18N2O2S/c1-2-5-15-17-11(10-21-15)8-18-9-13(16(19)20)12-6-3-4-7-14(12)18/h3-4,6-7,10,13H,2,5,8-9H2,1H3,(H,19,20). The fraction of sp³-hybridized carbons (Fsp3) is 0.375. The third-order valence-electron chi connectivity index (χ3n) is 3.77. The molecule has 0 spiro atoms. The topological polar surface area (TPSA) is 53.4 Å². The summed E-state index contributed by atoms with van der Waals surface area (Å²) in [5.74, 6) is -1.19. The molecule has 5 heteroatoms. The Morgan fingerprint density at radius 3 is 3.05 bits per heavy atom. The van der Waals surface area contributed by atoms with Gasteiger partial charge >= 0.3 is 5.97 Å². The zero-order valence-electron chi connectivity index (χ0n) is 12.0. The van der Waals surface area contributed by atoms with Crippen molar-refractivity contribution < 1.29 is 9.90 Å². The molecule has 110 valence electrons. The van der Waals surface area contributed by atoms with Gasteiger partial charge in [-0.3, -0.25) is 4.79 Å². The number of rotatable bonds is 5. The summed E-state index contributed by atoms with van der Waals surface area (Å²) in [6, 6.07) is 7.77. The molecule has 4 nitrogen and oxygen atoms in total. The lowest BCUT2D eigenvalue weighted by molar-refractivity contribution is -0.138. The van der Waals surface area contributed by atoms with Crippen molar-refractivity contribution in [3.63, 3.8) is 0 Å². The number of carboxylic acids is 1. The molecule has 1 aromatic heterocycles. The van der Waals surface area contributed by atoms with Crippen LogP contribution < -0.4 is 4.90 Å². The lowest BCUT2D eigenvalue weighted by Gasteiger charge is -2.18. The highest BCUT2D eigenvalue weighted by Crippen LogP contribution is 2.37. The van der Waals surface area contributed by atoms with E-state index in [-0.39, 0.29) is 0 Å². The van der Waals surface area contributed by atoms with Gasteiger partial charge in [0.1, 0.15) is 5.92 Å². The summed E-state index contributed by atoms with van der Waals surface area (Å²) in [6.07, 6.45) is 2.11. The number of hydrogen-bond donors (Lipinski definition) is 1. The molecule has 2 heterocycles. The molecule has 1 aromatic carbocycles. The van der Waals surface area contributed by atoms with Crippen LogP contribution in [-0.4, -0.2) is 22.6 Å². The first-order valence-corrected chi connectivity index (χ1v) is 8.07. The van der Waals surface area contributed by atoms with Gasteiger partial charge in [0.05, 0.1) is 17.2 Å². The van der Waals surface area contributed by atoms with Gasteiger partial charge in [0.2, 0.25) is 0 Å². The summed E-state index contributed by atoms with van der Waals surface area (Å²) in [6.45, 7) is 3.35. The Hall–Kier alpha value is -1.88. The van der Waals surface area contributed by atoms with Gasteiger partial charge in [0, 0.05) is 17.6 Å². The summed E-state index contributed by atoms with van der Waals surface area (Å²) in [5, 5.41) is 12.6. The minimum Gasteiger partial charge on any atom is -0.481 e. The van der Waals surface area contributed by atoms with Gasteiger partial charge in [-0.05, 0) is 24.5 Å². The number of para-hydroxylation sites is 1. The number of benzene rings is 1. The molecule has 0 saturated heterocycles. The zero-order chi connectivity index (χ0) is 14.8. The van der Waals surface area contributed by atoms with E-state index in [4.69, 9.17) is 0 Å². The van der Waals surface area contributed by atoms with Crippen LogP contribution in [0.4, 0.5) is 5.69 Å². The first-order valence-electron chi connectivity index (χ1n) is 7.19. The van der Waals surface area contributed by atoms with E-state index in [1.165, 1.54) is 0 Å². The third kappa shape index (κ3) is 2.78. The molecule has 1 N–H and O–H groups in total. The monoisotopic (exact) mass is 302 g/mol. The number of hydrogen-bond acceptors (Lipinski definition) is 4. The number of aromatic nitrogens is 1. The van der Waals surface area contributed by atoms with Crippen LogP contribution in [0.2, 0.25) is 0 Å². The Bertz CT molecular complexity index is 653. The Kier molecular flexibility index (Phi) is 3.92. The van der Waals surface area contributed by atoms with Crippen LogP contribution >= 0.6 is 11.3 Å². The van der Waals surface area contributed by atoms with Crippen LogP contribution in [-0.2, 0) is 17.8 Å². The Morgan fingerprint density at radius 2 is 2.29 bits per heavy atom. The van der Waals surface area contributed by atoms with Gasteiger partial charge in [-0.15, -0.1) is 11.3 Å². The lowest BCUT2D eigenvalue weighted by atomic mass is 10.0. The van der Waals surface area contributed by atoms with Crippen molar-refractivity contribution in [1.82, 2.24) is 4.98 Å². The van der Waals surface area contributed by atoms with Crippen molar-refractivity contribution in [3.8, 4) is 0 Å². The molecule has 3 rings (SSSR count). The van der Waals surface area contributed by atoms with Crippen molar-refractivity contribution in [2.45, 2.75) is 32.2 Å². The van der Waals surface area contributed by atoms with Crippen molar-refractivity contribution >= 4 is 23.0 Å². The summed E-state index contributed by atoms with van der Waals surface area (Å²) in [5.41, 5.74) is 2.97. The van der Waals surface area contributed by atoms with Gasteiger partial charge in [-0.1, -0.05) is 25.1 Å². The molecule has 1 aliphatic heterocycles. The second kappa shape index (κ2) is 5.85. The maximum atomic E-state index is 11.4. The van der Waals surface area contributed by atoms with Crippen molar-refractivity contribution in [1.29, 1.82) is 0 Å². The van der Waals surface area contributed by atoms with E-state index in [0.717, 1.165) is 34.8 Å². The van der Waals surface area contributed by atoms with E-state index in [0.29, 0.717) is 13.1 Å². The second-order valence-corrected chi connectivity index (χ2v) is 6.26. The summed E-state index contributed by atoms with van der Waals surface area (Å²) in [7, 11) is 0. The molecule has 0 amide bonds. The molecule has 21 heavy (non-hydrogen) atoms. The SMILES string of the molecule is CCCc1nc(CN2CC(C(=O)O)c3ccccc32)cs1. The minimum absolute atomic E-state index is 0.435. The predicted octanol–water partition coefficient (Wildman–Crippen LogP) is 3.28. The normalized spacial score (nSPS) is 17.0. The molecule has 0 radical (unpaired) electrons.